The lowest BCUT2D eigenvalue weighted by Gasteiger charge is -2.33. The first-order valence-electron chi connectivity index (χ1n) is 7.58. The molecule has 1 aliphatic rings. The molecule has 1 aromatic heterocycles. The number of pyridine rings is 1. The maximum Gasteiger partial charge on any atom is 0.410 e. The lowest BCUT2D eigenvalue weighted by molar-refractivity contribution is 0.0203. The second-order valence-electron chi connectivity index (χ2n) is 6.55. The van der Waals surface area contributed by atoms with Gasteiger partial charge in [-0.2, -0.15) is 0 Å². The Kier molecular flexibility index (Phi) is 5.26. The van der Waals surface area contributed by atoms with Crippen molar-refractivity contribution in [2.45, 2.75) is 50.2 Å². The Morgan fingerprint density at radius 1 is 1.35 bits per heavy atom. The van der Waals surface area contributed by atoms with E-state index in [1.54, 1.807) is 11.0 Å². The van der Waals surface area contributed by atoms with Crippen molar-refractivity contribution in [2.24, 2.45) is 0 Å². The molecule has 0 radical (unpaired) electrons. The van der Waals surface area contributed by atoms with E-state index in [4.69, 9.17) is 4.74 Å². The summed E-state index contributed by atoms with van der Waals surface area (Å²) >= 11 is 0. The van der Waals surface area contributed by atoms with Crippen LogP contribution in [0, 0.1) is 0 Å². The predicted octanol–water partition coefficient (Wildman–Crippen LogP) is 1.76. The number of carbonyl (C=O) groups excluding carboxylic acids is 1. The number of nitrogens with zero attached hydrogens (tertiary/aromatic N) is 2. The molecule has 1 N–H and O–H groups in total. The Bertz CT molecular complexity index is 632. The maximum absolute atomic E-state index is 12.2. The van der Waals surface area contributed by atoms with Crippen LogP contribution in [0.25, 0.3) is 0 Å². The lowest BCUT2D eigenvalue weighted by Crippen LogP contribution is -2.47. The highest BCUT2D eigenvalue weighted by Crippen LogP contribution is 2.17. The van der Waals surface area contributed by atoms with Gasteiger partial charge in [0.25, 0.3) is 0 Å². The molecule has 2 rings (SSSR count). The molecule has 0 unspecified atom stereocenters. The largest absolute Gasteiger partial charge is 0.444 e. The van der Waals surface area contributed by atoms with Gasteiger partial charge in [-0.1, -0.05) is 0 Å². The van der Waals surface area contributed by atoms with Gasteiger partial charge in [0.15, 0.2) is 0 Å². The van der Waals surface area contributed by atoms with Crippen molar-refractivity contribution in [3.63, 3.8) is 0 Å². The number of likely N-dealkylation sites (tertiary alicyclic amines) is 1. The standard InChI is InChI=1S/C15H23N3O4S/c1-15(2,3)22-14(19)18-9-6-12(7-10-18)17-23(20,21)13-5-4-8-16-11-13/h4-5,8,11-12,17H,6-7,9-10H2,1-3H3. The first kappa shape index (κ1) is 17.7. The van der Waals surface area contributed by atoms with E-state index in [-0.39, 0.29) is 17.0 Å². The highest BCUT2D eigenvalue weighted by atomic mass is 32.2. The number of carbonyl (C=O) groups is 1. The first-order chi connectivity index (χ1) is 10.7. The summed E-state index contributed by atoms with van der Waals surface area (Å²) in [5.74, 6) is 0. The molecule has 128 valence electrons. The molecule has 1 fully saturated rings. The zero-order valence-corrected chi connectivity index (χ0v) is 14.5. The van der Waals surface area contributed by atoms with E-state index in [0.29, 0.717) is 25.9 Å². The molecule has 0 saturated carbocycles. The molecule has 1 amide bonds. The van der Waals surface area contributed by atoms with Gasteiger partial charge in [-0.25, -0.2) is 17.9 Å². The van der Waals surface area contributed by atoms with Crippen molar-refractivity contribution >= 4 is 16.1 Å². The van der Waals surface area contributed by atoms with Gasteiger partial charge >= 0.3 is 6.09 Å². The molecule has 1 saturated heterocycles. The van der Waals surface area contributed by atoms with E-state index in [1.165, 1.54) is 18.5 Å². The van der Waals surface area contributed by atoms with Gasteiger partial charge in [0.1, 0.15) is 10.5 Å². The third kappa shape index (κ3) is 5.18. The van der Waals surface area contributed by atoms with Crippen molar-refractivity contribution in [2.75, 3.05) is 13.1 Å². The number of piperidine rings is 1. The van der Waals surface area contributed by atoms with E-state index >= 15 is 0 Å². The molecule has 7 nitrogen and oxygen atoms in total. The SMILES string of the molecule is CC(C)(C)OC(=O)N1CCC(NS(=O)(=O)c2cccnc2)CC1. The Labute approximate surface area is 137 Å². The van der Waals surface area contributed by atoms with E-state index in [0.717, 1.165) is 0 Å². The third-order valence-corrected chi connectivity index (χ3v) is 4.92. The molecule has 8 heteroatoms. The predicted molar refractivity (Wildman–Crippen MR) is 85.4 cm³/mol. The van der Waals surface area contributed by atoms with Gasteiger partial charge in [0.05, 0.1) is 0 Å². The minimum absolute atomic E-state index is 0.148. The Balaban J connectivity index is 1.89. The first-order valence-corrected chi connectivity index (χ1v) is 9.06. The van der Waals surface area contributed by atoms with E-state index in [1.807, 2.05) is 20.8 Å². The van der Waals surface area contributed by atoms with Crippen LogP contribution in [-0.4, -0.2) is 49.1 Å². The van der Waals surface area contributed by atoms with Crippen molar-refractivity contribution < 1.29 is 17.9 Å². The molecule has 0 spiro atoms. The summed E-state index contributed by atoms with van der Waals surface area (Å²) in [5, 5.41) is 0. The van der Waals surface area contributed by atoms with Crippen LogP contribution in [0.5, 0.6) is 0 Å². The third-order valence-electron chi connectivity index (χ3n) is 3.41. The smallest absolute Gasteiger partial charge is 0.410 e. The number of hydrogen-bond donors (Lipinski definition) is 1. The van der Waals surface area contributed by atoms with Crippen molar-refractivity contribution in [1.29, 1.82) is 0 Å². The number of rotatable bonds is 3. The lowest BCUT2D eigenvalue weighted by atomic mass is 10.1. The van der Waals surface area contributed by atoms with Gasteiger partial charge in [-0.15, -0.1) is 0 Å². The number of hydrogen-bond acceptors (Lipinski definition) is 5. The van der Waals surface area contributed by atoms with Crippen LogP contribution in [0.15, 0.2) is 29.4 Å². The van der Waals surface area contributed by atoms with Gasteiger partial charge < -0.3 is 9.64 Å². The fraction of sp³-hybridized carbons (Fsp3) is 0.600. The van der Waals surface area contributed by atoms with E-state index in [2.05, 4.69) is 9.71 Å². The summed E-state index contributed by atoms with van der Waals surface area (Å²) < 4.78 is 32.5. The topological polar surface area (TPSA) is 88.6 Å². The Hall–Kier alpha value is -1.67. The van der Waals surface area contributed by atoms with E-state index < -0.39 is 15.6 Å². The zero-order chi connectivity index (χ0) is 17.1. The molecule has 1 aliphatic heterocycles. The van der Waals surface area contributed by atoms with Crippen LogP contribution >= 0.6 is 0 Å². The molecule has 0 aliphatic carbocycles. The monoisotopic (exact) mass is 341 g/mol. The molecular formula is C15H23N3O4S. The van der Waals surface area contributed by atoms with Crippen molar-refractivity contribution in [3.8, 4) is 0 Å². The van der Waals surface area contributed by atoms with Crippen molar-refractivity contribution in [3.05, 3.63) is 24.5 Å². The number of aromatic nitrogens is 1. The summed E-state index contributed by atoms with van der Waals surface area (Å²) in [7, 11) is -3.57. The average molecular weight is 341 g/mol. The van der Waals surface area contributed by atoms with Crippen LogP contribution in [0.4, 0.5) is 4.79 Å². The minimum atomic E-state index is -3.57. The fourth-order valence-corrected chi connectivity index (χ4v) is 3.57. The van der Waals surface area contributed by atoms with Crippen LogP contribution in [0.1, 0.15) is 33.6 Å². The Morgan fingerprint density at radius 3 is 2.52 bits per heavy atom. The van der Waals surface area contributed by atoms with Crippen LogP contribution < -0.4 is 4.72 Å². The average Bonchev–Trinajstić information content (AvgIpc) is 2.47. The van der Waals surface area contributed by atoms with Crippen molar-refractivity contribution in [1.82, 2.24) is 14.6 Å². The number of nitrogens with one attached hydrogen (secondary N) is 1. The second-order valence-corrected chi connectivity index (χ2v) is 8.27. The highest BCUT2D eigenvalue weighted by molar-refractivity contribution is 7.89. The number of ether oxygens (including phenoxy) is 1. The number of amides is 1. The summed E-state index contributed by atoms with van der Waals surface area (Å²) in [4.78, 5) is 17.6. The quantitative estimate of drug-likeness (QED) is 0.905. The summed E-state index contributed by atoms with van der Waals surface area (Å²) in [6.45, 7) is 6.39. The highest BCUT2D eigenvalue weighted by Gasteiger charge is 2.29. The summed E-state index contributed by atoms with van der Waals surface area (Å²) in [5.41, 5.74) is -0.532. The summed E-state index contributed by atoms with van der Waals surface area (Å²) in [6, 6.07) is 2.89. The van der Waals surface area contributed by atoms with Gasteiger partial charge in [-0.3, -0.25) is 4.98 Å². The molecule has 0 aromatic carbocycles. The van der Waals surface area contributed by atoms with Crippen LogP contribution in [0.3, 0.4) is 0 Å². The molecule has 0 atom stereocenters. The minimum Gasteiger partial charge on any atom is -0.444 e. The molecular weight excluding hydrogens is 318 g/mol. The van der Waals surface area contributed by atoms with Crippen LogP contribution in [0.2, 0.25) is 0 Å². The van der Waals surface area contributed by atoms with Gasteiger partial charge in [0.2, 0.25) is 10.0 Å². The second kappa shape index (κ2) is 6.84. The zero-order valence-electron chi connectivity index (χ0n) is 13.7. The molecule has 2 heterocycles. The van der Waals surface area contributed by atoms with Gasteiger partial charge in [-0.05, 0) is 45.7 Å². The molecule has 0 bridgehead atoms. The Morgan fingerprint density at radius 2 is 2.00 bits per heavy atom. The fourth-order valence-electron chi connectivity index (χ4n) is 2.30. The van der Waals surface area contributed by atoms with Gasteiger partial charge in [0, 0.05) is 31.5 Å². The maximum atomic E-state index is 12.2. The summed E-state index contributed by atoms with van der Waals surface area (Å²) in [6.07, 6.45) is 3.60. The van der Waals surface area contributed by atoms with Crippen LogP contribution in [-0.2, 0) is 14.8 Å². The van der Waals surface area contributed by atoms with E-state index in [9.17, 15) is 13.2 Å². The molecule has 1 aromatic rings. The molecule has 23 heavy (non-hydrogen) atoms. The normalized spacial score (nSPS) is 17.1. The number of sulfonamides is 1.